The highest BCUT2D eigenvalue weighted by molar-refractivity contribution is 5.84. The first-order chi connectivity index (χ1) is 19.2. The van der Waals surface area contributed by atoms with E-state index in [1.165, 1.54) is 11.9 Å². The zero-order valence-corrected chi connectivity index (χ0v) is 21.4. The topological polar surface area (TPSA) is 112 Å². The van der Waals surface area contributed by atoms with Gasteiger partial charge in [-0.1, -0.05) is 54.6 Å². The van der Waals surface area contributed by atoms with Crippen LogP contribution in [0.2, 0.25) is 0 Å². The van der Waals surface area contributed by atoms with Crippen molar-refractivity contribution in [1.29, 1.82) is 0 Å². The first kappa shape index (κ1) is 23.4. The summed E-state index contributed by atoms with van der Waals surface area (Å²) < 4.78 is 2.16. The molecule has 39 heavy (non-hydrogen) atoms. The van der Waals surface area contributed by atoms with Crippen LogP contribution in [0.15, 0.2) is 85.6 Å². The summed E-state index contributed by atoms with van der Waals surface area (Å²) >= 11 is 0. The number of pyridine rings is 1. The van der Waals surface area contributed by atoms with Gasteiger partial charge in [0.2, 0.25) is 0 Å². The average Bonchev–Trinajstić information content (AvgIpc) is 3.43. The number of nitrogens with two attached hydrogens (primary N) is 1. The fraction of sp³-hybridized carbons (Fsp3) is 0.200. The van der Waals surface area contributed by atoms with Crippen LogP contribution in [-0.4, -0.2) is 52.5 Å². The van der Waals surface area contributed by atoms with Crippen LogP contribution in [0, 0.1) is 0 Å². The van der Waals surface area contributed by atoms with E-state index < -0.39 is 0 Å². The summed E-state index contributed by atoms with van der Waals surface area (Å²) in [6.07, 6.45) is 7.19. The van der Waals surface area contributed by atoms with Gasteiger partial charge in [0, 0.05) is 43.0 Å². The molecule has 1 aliphatic heterocycles. The average molecular weight is 514 g/mol. The zero-order valence-electron chi connectivity index (χ0n) is 21.4. The van der Waals surface area contributed by atoms with Crippen LogP contribution in [0.5, 0.6) is 0 Å². The monoisotopic (exact) mass is 513 g/mol. The number of likely N-dealkylation sites (tertiary alicyclic amines) is 1. The van der Waals surface area contributed by atoms with Crippen LogP contribution in [0.4, 0.5) is 5.82 Å². The largest absolute Gasteiger partial charge is 0.382 e. The normalized spacial score (nSPS) is 14.8. The molecule has 1 aliphatic rings. The lowest BCUT2D eigenvalue weighted by Gasteiger charge is -2.32. The van der Waals surface area contributed by atoms with Gasteiger partial charge in [0.15, 0.2) is 17.1 Å². The summed E-state index contributed by atoms with van der Waals surface area (Å²) in [5.74, 6) is 0.432. The molecular formula is C30H27N9. The van der Waals surface area contributed by atoms with Crippen LogP contribution in [-0.2, 0) is 6.54 Å². The van der Waals surface area contributed by atoms with Crippen molar-refractivity contribution in [1.82, 2.24) is 39.4 Å². The Labute approximate surface area is 225 Å². The molecule has 2 N–H and O–H groups in total. The molecule has 5 heterocycles. The minimum Gasteiger partial charge on any atom is -0.382 e. The highest BCUT2D eigenvalue weighted by atomic mass is 15.2. The summed E-state index contributed by atoms with van der Waals surface area (Å²) in [4.78, 5) is 29.7. The molecule has 192 valence electrons. The summed E-state index contributed by atoms with van der Waals surface area (Å²) in [5.41, 5.74) is 14.0. The molecule has 0 amide bonds. The highest BCUT2D eigenvalue weighted by Gasteiger charge is 2.23. The second kappa shape index (κ2) is 9.85. The molecule has 9 nitrogen and oxygen atoms in total. The van der Waals surface area contributed by atoms with Crippen molar-refractivity contribution in [2.75, 3.05) is 18.8 Å². The van der Waals surface area contributed by atoms with Crippen LogP contribution >= 0.6 is 0 Å². The van der Waals surface area contributed by atoms with E-state index in [1.807, 2.05) is 36.7 Å². The molecule has 0 saturated carbocycles. The van der Waals surface area contributed by atoms with E-state index in [-0.39, 0.29) is 0 Å². The van der Waals surface area contributed by atoms with Crippen LogP contribution in [0.1, 0.15) is 24.4 Å². The number of aromatic nitrogens is 7. The third-order valence-electron chi connectivity index (χ3n) is 7.46. The van der Waals surface area contributed by atoms with Gasteiger partial charge in [0.1, 0.15) is 17.4 Å². The smallest absolute Gasteiger partial charge is 0.178 e. The SMILES string of the molecule is Nc1ncnc2c1ncn2C1CCN(Cc2ccc(-c3nc4ncccc4nc3-c3ccccc3)cc2)CC1. The minimum atomic E-state index is 0.361. The number of imidazole rings is 1. The molecular weight excluding hydrogens is 486 g/mol. The Morgan fingerprint density at radius 3 is 2.36 bits per heavy atom. The van der Waals surface area contributed by atoms with Gasteiger partial charge in [-0.15, -0.1) is 0 Å². The van der Waals surface area contributed by atoms with Crippen molar-refractivity contribution < 1.29 is 0 Å². The number of nitrogens with zero attached hydrogens (tertiary/aromatic N) is 8. The maximum Gasteiger partial charge on any atom is 0.178 e. The Bertz CT molecular complexity index is 1760. The zero-order chi connectivity index (χ0) is 26.2. The standard InChI is InChI=1S/C30H27N9/c31-28-27-30(34-18-33-28)39(19-35-27)23-12-15-38(16-13-23)17-20-8-10-22(11-9-20)26-25(21-5-2-1-3-6-21)36-24-7-4-14-32-29(24)37-26/h1-11,14,18-19,23H,12-13,15-17H2,(H2,31,33,34). The van der Waals surface area contributed by atoms with Crippen molar-refractivity contribution in [3.8, 4) is 22.5 Å². The fourth-order valence-electron chi connectivity index (χ4n) is 5.41. The van der Waals surface area contributed by atoms with Gasteiger partial charge in [0.05, 0.1) is 17.7 Å². The number of hydrogen-bond acceptors (Lipinski definition) is 8. The maximum absolute atomic E-state index is 5.97. The molecule has 0 atom stereocenters. The van der Waals surface area contributed by atoms with Gasteiger partial charge in [0.25, 0.3) is 0 Å². The Morgan fingerprint density at radius 1 is 0.769 bits per heavy atom. The molecule has 0 aliphatic carbocycles. The molecule has 0 spiro atoms. The Hall–Kier alpha value is -4.76. The lowest BCUT2D eigenvalue weighted by molar-refractivity contribution is 0.181. The van der Waals surface area contributed by atoms with Crippen LogP contribution < -0.4 is 5.73 Å². The molecule has 4 aromatic heterocycles. The molecule has 6 aromatic rings. The molecule has 1 fully saturated rings. The summed E-state index contributed by atoms with van der Waals surface area (Å²) in [6.45, 7) is 2.92. The number of nitrogen functional groups attached to an aromatic ring is 1. The van der Waals surface area contributed by atoms with Crippen molar-refractivity contribution in [3.05, 3.63) is 91.1 Å². The third kappa shape index (κ3) is 4.46. The highest BCUT2D eigenvalue weighted by Crippen LogP contribution is 2.31. The predicted molar refractivity (Wildman–Crippen MR) is 151 cm³/mol. The van der Waals surface area contributed by atoms with Crippen LogP contribution in [0.3, 0.4) is 0 Å². The molecule has 1 saturated heterocycles. The fourth-order valence-corrected chi connectivity index (χ4v) is 5.41. The summed E-state index contributed by atoms with van der Waals surface area (Å²) in [6, 6.07) is 23.1. The Balaban J connectivity index is 1.09. The quantitative estimate of drug-likeness (QED) is 0.346. The van der Waals surface area contributed by atoms with E-state index >= 15 is 0 Å². The lowest BCUT2D eigenvalue weighted by atomic mass is 10.0. The lowest BCUT2D eigenvalue weighted by Crippen LogP contribution is -2.34. The van der Waals surface area contributed by atoms with E-state index in [4.69, 9.17) is 15.7 Å². The van der Waals surface area contributed by atoms with E-state index in [9.17, 15) is 0 Å². The predicted octanol–water partition coefficient (Wildman–Crippen LogP) is 4.92. The molecule has 0 radical (unpaired) electrons. The first-order valence-corrected chi connectivity index (χ1v) is 13.2. The molecule has 0 bridgehead atoms. The first-order valence-electron chi connectivity index (χ1n) is 13.2. The van der Waals surface area contributed by atoms with Gasteiger partial charge in [-0.3, -0.25) is 4.90 Å². The number of anilines is 1. The van der Waals surface area contributed by atoms with E-state index in [0.29, 0.717) is 23.0 Å². The van der Waals surface area contributed by atoms with Gasteiger partial charge in [-0.2, -0.15) is 0 Å². The Morgan fingerprint density at radius 2 is 1.54 bits per heavy atom. The summed E-state index contributed by atoms with van der Waals surface area (Å²) in [7, 11) is 0. The molecule has 2 aromatic carbocycles. The van der Waals surface area contributed by atoms with Gasteiger partial charge in [-0.25, -0.2) is 29.9 Å². The minimum absolute atomic E-state index is 0.361. The number of piperidine rings is 1. The number of hydrogen-bond donors (Lipinski definition) is 1. The number of rotatable bonds is 5. The summed E-state index contributed by atoms with van der Waals surface area (Å²) in [5, 5.41) is 0. The second-order valence-electron chi connectivity index (χ2n) is 9.92. The van der Waals surface area contributed by atoms with Crippen LogP contribution in [0.25, 0.3) is 44.8 Å². The van der Waals surface area contributed by atoms with Crippen molar-refractivity contribution in [2.24, 2.45) is 0 Å². The van der Waals surface area contributed by atoms with Crippen molar-refractivity contribution in [3.63, 3.8) is 0 Å². The molecule has 0 unspecified atom stereocenters. The molecule has 9 heteroatoms. The van der Waals surface area contributed by atoms with Gasteiger partial charge in [-0.05, 0) is 30.5 Å². The molecule has 7 rings (SSSR count). The van der Waals surface area contributed by atoms with E-state index in [2.05, 4.69) is 65.8 Å². The number of benzene rings is 2. The van der Waals surface area contributed by atoms with Gasteiger partial charge >= 0.3 is 0 Å². The third-order valence-corrected chi connectivity index (χ3v) is 7.46. The van der Waals surface area contributed by atoms with Crippen molar-refractivity contribution in [2.45, 2.75) is 25.4 Å². The van der Waals surface area contributed by atoms with E-state index in [0.717, 1.165) is 66.2 Å². The number of fused-ring (bicyclic) bond motifs is 2. The van der Waals surface area contributed by atoms with Gasteiger partial charge < -0.3 is 10.3 Å². The maximum atomic E-state index is 5.97. The van der Waals surface area contributed by atoms with E-state index in [1.54, 1.807) is 6.20 Å². The second-order valence-corrected chi connectivity index (χ2v) is 9.92. The van der Waals surface area contributed by atoms with Crippen molar-refractivity contribution >= 4 is 28.1 Å². The Kier molecular flexibility index (Phi) is 5.90.